The molecule has 1 atom stereocenters. The van der Waals surface area contributed by atoms with Crippen LogP contribution in [-0.2, 0) is 16.6 Å². The Hall–Kier alpha value is -0.910. The van der Waals surface area contributed by atoms with Crippen molar-refractivity contribution in [2.75, 3.05) is 20.1 Å². The minimum absolute atomic E-state index is 0.421. The van der Waals surface area contributed by atoms with Gasteiger partial charge in [-0.25, -0.2) is 8.42 Å². The monoisotopic (exact) mass is 310 g/mol. The Kier molecular flexibility index (Phi) is 5.79. The lowest BCUT2D eigenvalue weighted by atomic mass is 9.98. The summed E-state index contributed by atoms with van der Waals surface area (Å²) in [6, 6.07) is 7.27. The molecule has 21 heavy (non-hydrogen) atoms. The number of nitrogens with one attached hydrogen (secondary N) is 1. The third kappa shape index (κ3) is 4.05. The first-order valence-electron chi connectivity index (χ1n) is 7.81. The van der Waals surface area contributed by atoms with Gasteiger partial charge in [-0.1, -0.05) is 25.5 Å². The van der Waals surface area contributed by atoms with Gasteiger partial charge in [0.15, 0.2) is 0 Å². The molecule has 4 nitrogen and oxygen atoms in total. The quantitative estimate of drug-likeness (QED) is 0.909. The highest BCUT2D eigenvalue weighted by Gasteiger charge is 2.27. The topological polar surface area (TPSA) is 49.4 Å². The zero-order valence-electron chi connectivity index (χ0n) is 13.0. The van der Waals surface area contributed by atoms with Gasteiger partial charge < -0.3 is 5.32 Å². The molecular weight excluding hydrogens is 284 g/mol. The van der Waals surface area contributed by atoms with Gasteiger partial charge in [0.2, 0.25) is 10.0 Å². The Morgan fingerprint density at radius 1 is 1.29 bits per heavy atom. The van der Waals surface area contributed by atoms with E-state index in [-0.39, 0.29) is 0 Å². The van der Waals surface area contributed by atoms with Gasteiger partial charge in [0.25, 0.3) is 0 Å². The molecule has 1 aliphatic rings. The average Bonchev–Trinajstić information content (AvgIpc) is 2.73. The zero-order valence-corrected chi connectivity index (χ0v) is 13.8. The molecule has 1 fully saturated rings. The van der Waals surface area contributed by atoms with Gasteiger partial charge in [0, 0.05) is 19.6 Å². The van der Waals surface area contributed by atoms with E-state index >= 15 is 0 Å². The van der Waals surface area contributed by atoms with Crippen LogP contribution in [0, 0.1) is 5.92 Å². The second-order valence-electron chi connectivity index (χ2n) is 5.79. The van der Waals surface area contributed by atoms with Gasteiger partial charge in [-0.2, -0.15) is 4.31 Å². The summed E-state index contributed by atoms with van der Waals surface area (Å²) >= 11 is 0. The molecule has 0 radical (unpaired) electrons. The van der Waals surface area contributed by atoms with Gasteiger partial charge in [0.05, 0.1) is 4.90 Å². The molecule has 0 aromatic heterocycles. The predicted molar refractivity (Wildman–Crippen MR) is 85.6 cm³/mol. The Morgan fingerprint density at radius 3 is 2.81 bits per heavy atom. The molecule has 1 aromatic carbocycles. The lowest BCUT2D eigenvalue weighted by Crippen LogP contribution is -2.32. The molecule has 1 unspecified atom stereocenters. The van der Waals surface area contributed by atoms with Crippen LogP contribution in [0.3, 0.4) is 0 Å². The molecule has 118 valence electrons. The summed E-state index contributed by atoms with van der Waals surface area (Å²) < 4.78 is 27.3. The molecule has 1 aromatic rings. The van der Waals surface area contributed by atoms with Crippen molar-refractivity contribution in [3.63, 3.8) is 0 Å². The third-order valence-electron chi connectivity index (χ3n) is 4.30. The van der Waals surface area contributed by atoms with Crippen LogP contribution in [0.2, 0.25) is 0 Å². The Labute approximate surface area is 128 Å². The Balaban J connectivity index is 2.19. The van der Waals surface area contributed by atoms with Crippen molar-refractivity contribution >= 4 is 10.0 Å². The largest absolute Gasteiger partial charge is 0.316 e. The van der Waals surface area contributed by atoms with Crippen molar-refractivity contribution < 1.29 is 8.42 Å². The van der Waals surface area contributed by atoms with Crippen LogP contribution in [0.15, 0.2) is 29.2 Å². The van der Waals surface area contributed by atoms with E-state index in [0.717, 1.165) is 31.2 Å². The fourth-order valence-corrected chi connectivity index (χ4v) is 4.52. The molecular formula is C16H26N2O2S. The number of nitrogens with zero attached hydrogens (tertiary/aromatic N) is 1. The van der Waals surface area contributed by atoms with Gasteiger partial charge in [0.1, 0.15) is 0 Å². The van der Waals surface area contributed by atoms with Crippen molar-refractivity contribution in [3.05, 3.63) is 29.8 Å². The summed E-state index contributed by atoms with van der Waals surface area (Å²) in [5.41, 5.74) is 1.000. The van der Waals surface area contributed by atoms with E-state index in [4.69, 9.17) is 0 Å². The Bertz CT molecular complexity index is 557. The van der Waals surface area contributed by atoms with E-state index in [9.17, 15) is 8.42 Å². The second kappa shape index (κ2) is 7.38. The first-order valence-corrected chi connectivity index (χ1v) is 9.25. The van der Waals surface area contributed by atoms with Crippen LogP contribution in [0.1, 0.15) is 38.2 Å². The van der Waals surface area contributed by atoms with E-state index < -0.39 is 10.0 Å². The molecule has 0 aliphatic carbocycles. The van der Waals surface area contributed by atoms with Crippen LogP contribution < -0.4 is 5.32 Å². The Morgan fingerprint density at radius 2 is 2.10 bits per heavy atom. The summed E-state index contributed by atoms with van der Waals surface area (Å²) in [6.45, 7) is 4.17. The smallest absolute Gasteiger partial charge is 0.243 e. The van der Waals surface area contributed by atoms with Crippen molar-refractivity contribution in [3.8, 4) is 0 Å². The third-order valence-corrected chi connectivity index (χ3v) is 6.20. The molecule has 0 bridgehead atoms. The van der Waals surface area contributed by atoms with E-state index in [1.165, 1.54) is 0 Å². The van der Waals surface area contributed by atoms with Gasteiger partial charge in [-0.15, -0.1) is 0 Å². The molecule has 1 saturated heterocycles. The fraction of sp³-hybridized carbons (Fsp3) is 0.625. The molecule has 0 saturated carbocycles. The number of hydrogen-bond acceptors (Lipinski definition) is 3. The lowest BCUT2D eigenvalue weighted by Gasteiger charge is -2.20. The van der Waals surface area contributed by atoms with Crippen LogP contribution in [-0.4, -0.2) is 32.9 Å². The highest BCUT2D eigenvalue weighted by Crippen LogP contribution is 2.25. The van der Waals surface area contributed by atoms with E-state index in [2.05, 4.69) is 12.2 Å². The normalized spacial score (nSPS) is 21.1. The molecule has 1 heterocycles. The van der Waals surface area contributed by atoms with Crippen LogP contribution in [0.4, 0.5) is 0 Å². The summed E-state index contributed by atoms with van der Waals surface area (Å²) in [5, 5.41) is 3.06. The molecule has 0 spiro atoms. The number of sulfonamides is 1. The molecule has 5 heteroatoms. The zero-order chi connectivity index (χ0) is 15.3. The first-order chi connectivity index (χ1) is 10.1. The summed E-state index contributed by atoms with van der Waals surface area (Å²) in [4.78, 5) is 0.421. The molecule has 0 amide bonds. The first kappa shape index (κ1) is 16.5. The van der Waals surface area contributed by atoms with Crippen molar-refractivity contribution in [2.45, 2.75) is 44.0 Å². The summed E-state index contributed by atoms with van der Waals surface area (Å²) in [5.74, 6) is 0.667. The van der Waals surface area contributed by atoms with Crippen LogP contribution in [0.25, 0.3) is 0 Å². The predicted octanol–water partition coefficient (Wildman–Crippen LogP) is 2.61. The fourth-order valence-electron chi connectivity index (χ4n) is 2.96. The molecule has 1 aliphatic heterocycles. The maximum Gasteiger partial charge on any atom is 0.243 e. The minimum atomic E-state index is -3.35. The molecule has 2 rings (SSSR count). The van der Waals surface area contributed by atoms with E-state index in [1.807, 2.05) is 19.2 Å². The van der Waals surface area contributed by atoms with Crippen molar-refractivity contribution in [1.29, 1.82) is 0 Å². The maximum absolute atomic E-state index is 12.8. The van der Waals surface area contributed by atoms with Crippen molar-refractivity contribution in [2.24, 2.45) is 5.92 Å². The molecule has 1 N–H and O–H groups in total. The van der Waals surface area contributed by atoms with Crippen LogP contribution in [0.5, 0.6) is 0 Å². The minimum Gasteiger partial charge on any atom is -0.316 e. The summed E-state index contributed by atoms with van der Waals surface area (Å²) in [7, 11) is -1.49. The number of rotatable bonds is 5. The lowest BCUT2D eigenvalue weighted by molar-refractivity contribution is 0.407. The average molecular weight is 310 g/mol. The van der Waals surface area contributed by atoms with Gasteiger partial charge in [-0.05, 0) is 49.9 Å². The number of benzene rings is 1. The van der Waals surface area contributed by atoms with Gasteiger partial charge in [-0.3, -0.25) is 0 Å². The van der Waals surface area contributed by atoms with E-state index in [0.29, 0.717) is 30.4 Å². The van der Waals surface area contributed by atoms with Gasteiger partial charge >= 0.3 is 0 Å². The van der Waals surface area contributed by atoms with Crippen LogP contribution >= 0.6 is 0 Å². The van der Waals surface area contributed by atoms with E-state index in [1.54, 1.807) is 16.4 Å². The summed E-state index contributed by atoms with van der Waals surface area (Å²) in [6.07, 6.45) is 4.23. The second-order valence-corrected chi connectivity index (χ2v) is 7.72. The number of hydrogen-bond donors (Lipinski definition) is 1. The highest BCUT2D eigenvalue weighted by molar-refractivity contribution is 7.89. The SMILES string of the molecule is CCC1CCCN(S(=O)(=O)c2cccc(CNC)c2)CC1. The standard InChI is InChI=1S/C16H26N2O2S/c1-3-14-7-5-10-18(11-9-14)21(19,20)16-8-4-6-15(12-16)13-17-2/h4,6,8,12,14,17H,3,5,7,9-11,13H2,1-2H3. The van der Waals surface area contributed by atoms with Crippen molar-refractivity contribution in [1.82, 2.24) is 9.62 Å². The maximum atomic E-state index is 12.8. The highest BCUT2D eigenvalue weighted by atomic mass is 32.2.